The highest BCUT2D eigenvalue weighted by atomic mass is 16.5. The molecule has 4 heterocycles. The molecule has 3 aliphatic rings. The number of nitrogens with one attached hydrogen (secondary N) is 2. The lowest BCUT2D eigenvalue weighted by Crippen LogP contribution is -2.51. The normalized spacial score (nSPS) is 18.6. The van der Waals surface area contributed by atoms with Gasteiger partial charge in [0.25, 0.3) is 0 Å². The SMILES string of the molecule is COC(=O)NC(C(=O)N1CC(C)=CC1c1ncc(-c2ccc3cc(-c4ccc(C5=CN5N(C)[C@@H]5C=C(C)CN5C(=O)CC(C)C)cc4)ccc3c2)[nH]1)C(C)C. The second-order valence-electron chi connectivity index (χ2n) is 15.8. The molecule has 3 atom stereocenters. The Balaban J connectivity index is 1.02. The standard InChI is InChI=1S/C44H51N7O4/c1-26(2)17-40(52)50-24-29(6)19-39(50)48(7)51-25-38(51)31-11-9-30(10-12-31)32-13-14-34-21-35(16-15-33(34)20-32)36-22-45-42(46-36)37-18-28(5)23-49(37)43(53)41(27(3)4)47-44(54)55-8/h9-16,18-22,25-27,37,39,41H,17,23-24H2,1-8H3,(H,45,46)(H,47,54)/t37?,39-,41?,51?/m0/s1. The molecule has 3 aliphatic heterocycles. The van der Waals surface area contributed by atoms with Gasteiger partial charge in [-0.1, -0.05) is 93.4 Å². The maximum atomic E-state index is 13.7. The average molecular weight is 742 g/mol. The lowest BCUT2D eigenvalue weighted by molar-refractivity contribution is -0.137. The van der Waals surface area contributed by atoms with Crippen LogP contribution >= 0.6 is 0 Å². The van der Waals surface area contributed by atoms with E-state index in [0.717, 1.165) is 50.0 Å². The summed E-state index contributed by atoms with van der Waals surface area (Å²) in [6, 6.07) is 20.4. The second-order valence-corrected chi connectivity index (χ2v) is 15.8. The van der Waals surface area contributed by atoms with Gasteiger partial charge in [0.1, 0.15) is 24.1 Å². The number of imidazole rings is 1. The number of methoxy groups -OCH3 is 1. The fourth-order valence-corrected chi connectivity index (χ4v) is 7.61. The summed E-state index contributed by atoms with van der Waals surface area (Å²) in [4.78, 5) is 50.6. The molecule has 1 aromatic heterocycles. The van der Waals surface area contributed by atoms with E-state index >= 15 is 0 Å². The highest BCUT2D eigenvalue weighted by Crippen LogP contribution is 2.38. The van der Waals surface area contributed by atoms with Crippen molar-refractivity contribution in [2.24, 2.45) is 11.8 Å². The fraction of sp³-hybridized carbons (Fsp3) is 0.364. The molecule has 55 heavy (non-hydrogen) atoms. The zero-order valence-corrected chi connectivity index (χ0v) is 33.0. The lowest BCUT2D eigenvalue weighted by Gasteiger charge is -2.34. The minimum Gasteiger partial charge on any atom is -0.453 e. The molecule has 286 valence electrons. The smallest absolute Gasteiger partial charge is 0.407 e. The summed E-state index contributed by atoms with van der Waals surface area (Å²) >= 11 is 0. The van der Waals surface area contributed by atoms with E-state index < -0.39 is 12.1 Å². The molecule has 3 aromatic carbocycles. The molecular weight excluding hydrogens is 691 g/mol. The zero-order chi connectivity index (χ0) is 39.1. The molecule has 11 heteroatoms. The van der Waals surface area contributed by atoms with Crippen LogP contribution in [0.1, 0.15) is 65.4 Å². The summed E-state index contributed by atoms with van der Waals surface area (Å²) in [5.41, 5.74) is 8.65. The van der Waals surface area contributed by atoms with Gasteiger partial charge in [-0.2, -0.15) is 5.01 Å². The van der Waals surface area contributed by atoms with Crippen molar-refractivity contribution >= 4 is 34.4 Å². The van der Waals surface area contributed by atoms with Crippen molar-refractivity contribution in [1.82, 2.24) is 35.1 Å². The minimum atomic E-state index is -0.719. The van der Waals surface area contributed by atoms with Gasteiger partial charge in [-0.05, 0) is 65.8 Å². The van der Waals surface area contributed by atoms with Crippen LogP contribution in [0, 0.1) is 11.8 Å². The van der Waals surface area contributed by atoms with E-state index in [1.807, 2.05) is 45.0 Å². The van der Waals surface area contributed by atoms with Crippen molar-refractivity contribution in [2.75, 3.05) is 27.2 Å². The molecule has 0 radical (unpaired) electrons. The van der Waals surface area contributed by atoms with E-state index in [0.29, 0.717) is 31.3 Å². The number of alkyl carbamates (subject to hydrolysis) is 1. The largest absolute Gasteiger partial charge is 0.453 e. The van der Waals surface area contributed by atoms with Gasteiger partial charge in [-0.25, -0.2) is 9.78 Å². The zero-order valence-electron chi connectivity index (χ0n) is 33.0. The first-order chi connectivity index (χ1) is 26.3. The molecule has 3 amide bonds. The Morgan fingerprint density at radius 3 is 2.16 bits per heavy atom. The van der Waals surface area contributed by atoms with Crippen molar-refractivity contribution in [3.8, 4) is 22.4 Å². The number of ether oxygens (including phenoxy) is 1. The number of benzene rings is 3. The van der Waals surface area contributed by atoms with E-state index in [1.54, 1.807) is 4.90 Å². The van der Waals surface area contributed by atoms with Crippen LogP contribution < -0.4 is 5.32 Å². The number of nitrogens with zero attached hydrogens (tertiary/aromatic N) is 5. The Morgan fingerprint density at radius 1 is 0.873 bits per heavy atom. The third-order valence-corrected chi connectivity index (χ3v) is 10.6. The number of hydrogen-bond donors (Lipinski definition) is 2. The number of hydrazine groups is 1. The molecular formula is C44H51N7O4. The molecule has 0 spiro atoms. The van der Waals surface area contributed by atoms with Crippen molar-refractivity contribution < 1.29 is 19.1 Å². The van der Waals surface area contributed by atoms with Gasteiger partial charge in [-0.15, -0.1) is 0 Å². The molecule has 4 aromatic rings. The molecule has 0 fully saturated rings. The van der Waals surface area contributed by atoms with Gasteiger partial charge < -0.3 is 24.8 Å². The third-order valence-electron chi connectivity index (χ3n) is 10.6. The summed E-state index contributed by atoms with van der Waals surface area (Å²) in [6.07, 6.45) is 7.98. The Labute approximate surface area is 323 Å². The van der Waals surface area contributed by atoms with E-state index in [-0.39, 0.29) is 29.9 Å². The molecule has 0 aliphatic carbocycles. The maximum Gasteiger partial charge on any atom is 0.407 e. The molecule has 0 bridgehead atoms. The van der Waals surface area contributed by atoms with Crippen molar-refractivity contribution in [1.29, 1.82) is 0 Å². The molecule has 0 saturated carbocycles. The Kier molecular flexibility index (Phi) is 10.4. The third kappa shape index (κ3) is 7.80. The number of amides is 3. The number of carbonyl (C=O) groups excluding carboxylic acids is 3. The van der Waals surface area contributed by atoms with E-state index in [4.69, 9.17) is 9.72 Å². The fourth-order valence-electron chi connectivity index (χ4n) is 7.61. The Bertz CT molecular complexity index is 2220. The maximum absolute atomic E-state index is 13.7. The van der Waals surface area contributed by atoms with E-state index in [2.05, 4.69) is 114 Å². The first-order valence-corrected chi connectivity index (χ1v) is 19.0. The molecule has 2 N–H and O–H groups in total. The van der Waals surface area contributed by atoms with Crippen LogP contribution in [0.25, 0.3) is 38.9 Å². The van der Waals surface area contributed by atoms with Crippen LogP contribution in [0.15, 0.2) is 96.4 Å². The predicted molar refractivity (Wildman–Crippen MR) is 216 cm³/mol. The number of rotatable bonds is 11. The minimum absolute atomic E-state index is 0.0942. The van der Waals surface area contributed by atoms with Crippen LogP contribution in [0.5, 0.6) is 0 Å². The molecule has 2 unspecified atom stereocenters. The number of likely N-dealkylation sites (N-methyl/N-ethyl adjacent to an activating group) is 1. The van der Waals surface area contributed by atoms with Gasteiger partial charge in [-0.3, -0.25) is 14.6 Å². The summed E-state index contributed by atoms with van der Waals surface area (Å²) in [7, 11) is 3.33. The Hall–Kier alpha value is -5.68. The molecule has 0 saturated heterocycles. The number of hydrogen-bond acceptors (Lipinski definition) is 7. The summed E-state index contributed by atoms with van der Waals surface area (Å²) in [5.74, 6) is 0.879. The van der Waals surface area contributed by atoms with E-state index in [1.165, 1.54) is 12.7 Å². The molecule has 11 nitrogen and oxygen atoms in total. The highest BCUT2D eigenvalue weighted by Gasteiger charge is 2.38. The quantitative estimate of drug-likeness (QED) is 0.151. The van der Waals surface area contributed by atoms with Crippen molar-refractivity contribution in [2.45, 2.75) is 66.2 Å². The number of fused-ring (bicyclic) bond motifs is 1. The van der Waals surface area contributed by atoms with Gasteiger partial charge in [0.2, 0.25) is 11.8 Å². The van der Waals surface area contributed by atoms with Gasteiger partial charge in [0.15, 0.2) is 0 Å². The highest BCUT2D eigenvalue weighted by molar-refractivity contribution is 5.91. The molecule has 7 rings (SSSR count). The summed E-state index contributed by atoms with van der Waals surface area (Å²) < 4.78 is 4.78. The lowest BCUT2D eigenvalue weighted by atomic mass is 9.98. The summed E-state index contributed by atoms with van der Waals surface area (Å²) in [6.45, 7) is 13.2. The first kappa shape index (κ1) is 37.6. The van der Waals surface area contributed by atoms with Crippen LogP contribution in [0.4, 0.5) is 4.79 Å². The van der Waals surface area contributed by atoms with Gasteiger partial charge >= 0.3 is 6.09 Å². The number of H-pyrrole nitrogens is 1. The summed E-state index contributed by atoms with van der Waals surface area (Å²) in [5, 5.41) is 9.21. The monoisotopic (exact) mass is 741 g/mol. The number of carbonyl (C=O) groups is 3. The topological polar surface area (TPSA) is 114 Å². The van der Waals surface area contributed by atoms with Crippen LogP contribution in [0.3, 0.4) is 0 Å². The number of aromatic amines is 1. The predicted octanol–water partition coefficient (Wildman–Crippen LogP) is 7.73. The number of aromatic nitrogens is 2. The van der Waals surface area contributed by atoms with Crippen molar-refractivity contribution in [3.05, 3.63) is 108 Å². The van der Waals surface area contributed by atoms with Gasteiger partial charge in [0, 0.05) is 43.9 Å². The first-order valence-electron chi connectivity index (χ1n) is 19.0. The van der Waals surface area contributed by atoms with Crippen molar-refractivity contribution in [3.63, 3.8) is 0 Å². The van der Waals surface area contributed by atoms with Gasteiger partial charge in [0.05, 0.1) is 24.7 Å². The Morgan fingerprint density at radius 2 is 1.49 bits per heavy atom. The van der Waals surface area contributed by atoms with Crippen LogP contribution in [-0.2, 0) is 14.3 Å². The van der Waals surface area contributed by atoms with Crippen LogP contribution in [-0.4, -0.2) is 87.1 Å². The van der Waals surface area contributed by atoms with E-state index in [9.17, 15) is 14.4 Å². The average Bonchev–Trinajstić information content (AvgIpc) is 3.42. The second kappa shape index (κ2) is 15.2. The van der Waals surface area contributed by atoms with Crippen LogP contribution in [0.2, 0.25) is 0 Å².